The van der Waals surface area contributed by atoms with Gasteiger partial charge in [-0.05, 0) is 60.3 Å². The number of rotatable bonds is 7. The Morgan fingerprint density at radius 2 is 1.49 bits per heavy atom. The Kier molecular flexibility index (Phi) is 7.29. The third kappa shape index (κ3) is 4.82. The lowest BCUT2D eigenvalue weighted by molar-refractivity contribution is -0.120. The number of carbonyl (C=O) groups is 2. The number of hydrogen-bond donors (Lipinski definition) is 0. The molecular formula is C27H21ClN2O4S. The number of methoxy groups -OCH3 is 1. The molecule has 1 heterocycles. The van der Waals surface area contributed by atoms with Gasteiger partial charge in [-0.3, -0.25) is 19.4 Å². The lowest BCUT2D eigenvalue weighted by Gasteiger charge is -2.36. The number of thiocarbonyl (C=S) groups is 1. The molecule has 1 saturated heterocycles. The SMILES string of the molecule is C=CCOc1c(Cl)cc(C=C2C(=O)N(c3ccccc3)C(=S)N(c3ccccc3)C2=O)cc1OC. The third-order valence-corrected chi connectivity index (χ3v) is 5.83. The molecule has 0 saturated carbocycles. The van der Waals surface area contributed by atoms with Gasteiger partial charge in [0.2, 0.25) is 0 Å². The molecule has 8 heteroatoms. The molecule has 0 bridgehead atoms. The van der Waals surface area contributed by atoms with Crippen LogP contribution in [0.15, 0.2) is 91.0 Å². The first kappa shape index (κ1) is 24.2. The number of para-hydroxylation sites is 2. The standard InChI is InChI=1S/C27H21ClN2O4S/c1-3-14-34-24-22(28)16-18(17-23(24)33-2)15-21-25(31)29(19-10-6-4-7-11-19)27(35)30(26(21)32)20-12-8-5-9-13-20/h3-13,15-17H,1,14H2,2H3. The Labute approximate surface area is 213 Å². The van der Waals surface area contributed by atoms with Crippen molar-refractivity contribution in [1.29, 1.82) is 0 Å². The molecule has 0 unspecified atom stereocenters. The van der Waals surface area contributed by atoms with Crippen molar-refractivity contribution >= 4 is 58.2 Å². The minimum atomic E-state index is -0.541. The molecule has 3 aromatic rings. The van der Waals surface area contributed by atoms with Crippen LogP contribution in [0.25, 0.3) is 6.08 Å². The molecule has 4 rings (SSSR count). The van der Waals surface area contributed by atoms with Gasteiger partial charge in [-0.1, -0.05) is 60.7 Å². The summed E-state index contributed by atoms with van der Waals surface area (Å²) in [5, 5.41) is 0.336. The van der Waals surface area contributed by atoms with Crippen LogP contribution in [0.2, 0.25) is 5.02 Å². The number of ether oxygens (including phenoxy) is 2. The largest absolute Gasteiger partial charge is 0.493 e. The number of carbonyl (C=O) groups excluding carboxylic acids is 2. The van der Waals surface area contributed by atoms with E-state index in [1.807, 2.05) is 12.1 Å². The van der Waals surface area contributed by atoms with Crippen molar-refractivity contribution in [3.63, 3.8) is 0 Å². The van der Waals surface area contributed by atoms with Crippen molar-refractivity contribution in [3.8, 4) is 11.5 Å². The van der Waals surface area contributed by atoms with Crippen molar-refractivity contribution in [3.05, 3.63) is 102 Å². The number of amides is 2. The molecule has 3 aromatic carbocycles. The predicted molar refractivity (Wildman–Crippen MR) is 142 cm³/mol. The molecule has 2 amide bonds. The van der Waals surface area contributed by atoms with Crippen LogP contribution in [0.4, 0.5) is 11.4 Å². The summed E-state index contributed by atoms with van der Waals surface area (Å²) in [7, 11) is 1.48. The van der Waals surface area contributed by atoms with E-state index in [9.17, 15) is 9.59 Å². The zero-order chi connectivity index (χ0) is 24.9. The van der Waals surface area contributed by atoms with Crippen molar-refractivity contribution in [2.75, 3.05) is 23.5 Å². The number of anilines is 2. The fourth-order valence-electron chi connectivity index (χ4n) is 3.61. The summed E-state index contributed by atoms with van der Waals surface area (Å²) >= 11 is 12.1. The normalized spacial score (nSPS) is 13.7. The van der Waals surface area contributed by atoms with Gasteiger partial charge < -0.3 is 9.47 Å². The zero-order valence-corrected chi connectivity index (χ0v) is 20.4. The van der Waals surface area contributed by atoms with Gasteiger partial charge in [-0.2, -0.15) is 0 Å². The summed E-state index contributed by atoms with van der Waals surface area (Å²) in [5.41, 5.74) is 1.50. The summed E-state index contributed by atoms with van der Waals surface area (Å²) in [6.45, 7) is 3.87. The predicted octanol–water partition coefficient (Wildman–Crippen LogP) is 5.66. The second-order valence-electron chi connectivity index (χ2n) is 7.43. The van der Waals surface area contributed by atoms with E-state index in [0.29, 0.717) is 28.4 Å². The summed E-state index contributed by atoms with van der Waals surface area (Å²) in [4.78, 5) is 29.9. The van der Waals surface area contributed by atoms with Gasteiger partial charge in [0.1, 0.15) is 12.2 Å². The first-order valence-electron chi connectivity index (χ1n) is 10.6. The Morgan fingerprint density at radius 1 is 0.943 bits per heavy atom. The summed E-state index contributed by atoms with van der Waals surface area (Å²) in [6, 6.07) is 21.1. The molecular weight excluding hydrogens is 484 g/mol. The lowest BCUT2D eigenvalue weighted by Crippen LogP contribution is -2.56. The summed E-state index contributed by atoms with van der Waals surface area (Å²) < 4.78 is 11.0. The average molecular weight is 505 g/mol. The van der Waals surface area contributed by atoms with Crippen LogP contribution in [0, 0.1) is 0 Å². The van der Waals surface area contributed by atoms with E-state index in [1.54, 1.807) is 66.7 Å². The minimum Gasteiger partial charge on any atom is -0.493 e. The van der Waals surface area contributed by atoms with E-state index in [2.05, 4.69) is 6.58 Å². The molecule has 0 aromatic heterocycles. The smallest absolute Gasteiger partial charge is 0.270 e. The maximum atomic E-state index is 13.6. The van der Waals surface area contributed by atoms with Crippen LogP contribution in [-0.4, -0.2) is 30.6 Å². The monoisotopic (exact) mass is 504 g/mol. The van der Waals surface area contributed by atoms with Crippen LogP contribution in [-0.2, 0) is 9.59 Å². The zero-order valence-electron chi connectivity index (χ0n) is 18.8. The lowest BCUT2D eigenvalue weighted by atomic mass is 10.0. The van der Waals surface area contributed by atoms with Gasteiger partial charge in [0.25, 0.3) is 11.8 Å². The van der Waals surface area contributed by atoms with Crippen LogP contribution in [0.1, 0.15) is 5.56 Å². The van der Waals surface area contributed by atoms with Gasteiger partial charge in [-0.25, -0.2) is 0 Å². The molecule has 0 radical (unpaired) electrons. The molecule has 35 heavy (non-hydrogen) atoms. The van der Waals surface area contributed by atoms with E-state index >= 15 is 0 Å². The van der Waals surface area contributed by atoms with Crippen molar-refractivity contribution in [2.24, 2.45) is 0 Å². The highest BCUT2D eigenvalue weighted by atomic mass is 35.5. The molecule has 0 N–H and O–H groups in total. The Morgan fingerprint density at radius 3 is 1.97 bits per heavy atom. The molecule has 1 aliphatic heterocycles. The quantitative estimate of drug-likeness (QED) is 0.180. The second kappa shape index (κ2) is 10.5. The maximum absolute atomic E-state index is 13.6. The molecule has 176 valence electrons. The van der Waals surface area contributed by atoms with Gasteiger partial charge in [0.05, 0.1) is 23.5 Å². The highest BCUT2D eigenvalue weighted by Gasteiger charge is 2.41. The fraction of sp³-hybridized carbons (Fsp3) is 0.0741. The topological polar surface area (TPSA) is 59.1 Å². The molecule has 1 fully saturated rings. The Balaban J connectivity index is 1.84. The molecule has 0 spiro atoms. The Hall–Kier alpha value is -3.94. The Bertz CT molecular complexity index is 1260. The van der Waals surface area contributed by atoms with Crippen LogP contribution in [0.3, 0.4) is 0 Å². The average Bonchev–Trinajstić information content (AvgIpc) is 2.87. The number of halogens is 1. The third-order valence-electron chi connectivity index (χ3n) is 5.19. The van der Waals surface area contributed by atoms with E-state index in [0.717, 1.165) is 0 Å². The van der Waals surface area contributed by atoms with Crippen LogP contribution >= 0.6 is 23.8 Å². The van der Waals surface area contributed by atoms with Gasteiger partial charge in [0, 0.05) is 0 Å². The molecule has 1 aliphatic rings. The summed E-state index contributed by atoms with van der Waals surface area (Å²) in [6.07, 6.45) is 3.06. The fourth-order valence-corrected chi connectivity index (χ4v) is 4.26. The van der Waals surface area contributed by atoms with Crippen molar-refractivity contribution < 1.29 is 19.1 Å². The molecule has 0 atom stereocenters. The molecule has 0 aliphatic carbocycles. The van der Waals surface area contributed by atoms with E-state index in [1.165, 1.54) is 23.0 Å². The van der Waals surface area contributed by atoms with Gasteiger partial charge in [0.15, 0.2) is 16.6 Å². The summed E-state index contributed by atoms with van der Waals surface area (Å²) in [5.74, 6) is -0.381. The van der Waals surface area contributed by atoms with E-state index in [4.69, 9.17) is 33.3 Å². The van der Waals surface area contributed by atoms with Crippen LogP contribution < -0.4 is 19.3 Å². The van der Waals surface area contributed by atoms with E-state index < -0.39 is 11.8 Å². The van der Waals surface area contributed by atoms with Gasteiger partial charge in [-0.15, -0.1) is 0 Å². The maximum Gasteiger partial charge on any atom is 0.270 e. The number of nitrogens with zero attached hydrogens (tertiary/aromatic N) is 2. The first-order valence-corrected chi connectivity index (χ1v) is 11.4. The van der Waals surface area contributed by atoms with Crippen molar-refractivity contribution in [1.82, 2.24) is 0 Å². The number of benzene rings is 3. The van der Waals surface area contributed by atoms with Crippen LogP contribution in [0.5, 0.6) is 11.5 Å². The van der Waals surface area contributed by atoms with Crippen molar-refractivity contribution in [2.45, 2.75) is 0 Å². The van der Waals surface area contributed by atoms with E-state index in [-0.39, 0.29) is 22.3 Å². The highest BCUT2D eigenvalue weighted by molar-refractivity contribution is 7.81. The van der Waals surface area contributed by atoms with Gasteiger partial charge >= 0.3 is 0 Å². The first-order chi connectivity index (χ1) is 17.0. The minimum absolute atomic E-state index is 0.0679. The number of hydrogen-bond acceptors (Lipinski definition) is 5. The molecule has 6 nitrogen and oxygen atoms in total. The highest BCUT2D eigenvalue weighted by Crippen LogP contribution is 2.38. The second-order valence-corrected chi connectivity index (χ2v) is 8.20.